The monoisotopic (exact) mass is 348 g/mol. The summed E-state index contributed by atoms with van der Waals surface area (Å²) in [6.45, 7) is 5.83. The van der Waals surface area contributed by atoms with Crippen molar-refractivity contribution in [2.75, 3.05) is 6.61 Å². The Morgan fingerprint density at radius 2 is 2.16 bits per heavy atom. The van der Waals surface area contributed by atoms with E-state index < -0.39 is 28.6 Å². The van der Waals surface area contributed by atoms with Crippen LogP contribution in [-0.4, -0.2) is 40.2 Å². The van der Waals surface area contributed by atoms with Gasteiger partial charge in [0.05, 0.1) is 6.10 Å². The average Bonchev–Trinajstić information content (AvgIpc) is 2.99. The zero-order chi connectivity index (χ0) is 18.4. The molecule has 2 unspecified atom stereocenters. The van der Waals surface area contributed by atoms with Crippen molar-refractivity contribution in [1.29, 1.82) is 0 Å². The predicted molar refractivity (Wildman–Crippen MR) is 89.9 cm³/mol. The van der Waals surface area contributed by atoms with Gasteiger partial charge >= 0.3 is 5.97 Å². The first-order valence-electron chi connectivity index (χ1n) is 8.17. The Bertz CT molecular complexity index is 845. The SMILES string of the molecule is CCOC1CC(NC(=O)c2cc3c(F)cccc3[nH]2)(C(=O)O)C1(C)C. The van der Waals surface area contributed by atoms with Gasteiger partial charge in [0.15, 0.2) is 0 Å². The van der Waals surface area contributed by atoms with E-state index >= 15 is 0 Å². The lowest BCUT2D eigenvalue weighted by Gasteiger charge is -2.58. The van der Waals surface area contributed by atoms with Crippen molar-refractivity contribution in [2.45, 2.75) is 38.8 Å². The van der Waals surface area contributed by atoms with Crippen molar-refractivity contribution in [1.82, 2.24) is 10.3 Å². The van der Waals surface area contributed by atoms with Gasteiger partial charge in [-0.15, -0.1) is 0 Å². The third-order valence-electron chi connectivity index (χ3n) is 5.31. The Hall–Kier alpha value is -2.41. The second kappa shape index (κ2) is 5.84. The molecule has 3 N–H and O–H groups in total. The Kier molecular flexibility index (Phi) is 4.07. The maximum Gasteiger partial charge on any atom is 0.330 e. The van der Waals surface area contributed by atoms with Crippen LogP contribution in [0.4, 0.5) is 4.39 Å². The third kappa shape index (κ3) is 2.50. The van der Waals surface area contributed by atoms with Crippen LogP contribution in [0.25, 0.3) is 10.9 Å². The minimum atomic E-state index is -1.43. The number of aromatic nitrogens is 1. The van der Waals surface area contributed by atoms with E-state index in [9.17, 15) is 19.1 Å². The molecule has 1 saturated carbocycles. The Morgan fingerprint density at radius 3 is 2.72 bits per heavy atom. The van der Waals surface area contributed by atoms with Crippen LogP contribution in [0.2, 0.25) is 0 Å². The van der Waals surface area contributed by atoms with Crippen LogP contribution in [0, 0.1) is 11.2 Å². The lowest BCUT2D eigenvalue weighted by Crippen LogP contribution is -2.76. The minimum absolute atomic E-state index is 0.122. The molecule has 0 radical (unpaired) electrons. The number of hydrogen-bond donors (Lipinski definition) is 3. The average molecular weight is 348 g/mol. The van der Waals surface area contributed by atoms with E-state index in [1.54, 1.807) is 19.9 Å². The fraction of sp³-hybridized carbons (Fsp3) is 0.444. The highest BCUT2D eigenvalue weighted by atomic mass is 19.1. The van der Waals surface area contributed by atoms with Crippen molar-refractivity contribution in [3.63, 3.8) is 0 Å². The minimum Gasteiger partial charge on any atom is -0.479 e. The van der Waals surface area contributed by atoms with Crippen molar-refractivity contribution in [2.24, 2.45) is 5.41 Å². The molecule has 1 fully saturated rings. The fourth-order valence-electron chi connectivity index (χ4n) is 3.54. The van der Waals surface area contributed by atoms with Crippen molar-refractivity contribution in [3.8, 4) is 0 Å². The number of hydrogen-bond acceptors (Lipinski definition) is 3. The molecule has 2 aromatic rings. The number of carbonyl (C=O) groups is 2. The second-order valence-electron chi connectivity index (χ2n) is 6.92. The van der Waals surface area contributed by atoms with Gasteiger partial charge in [0.25, 0.3) is 5.91 Å². The van der Waals surface area contributed by atoms with Crippen LogP contribution in [0.1, 0.15) is 37.7 Å². The van der Waals surface area contributed by atoms with Gasteiger partial charge < -0.3 is 20.1 Å². The Balaban J connectivity index is 1.89. The van der Waals surface area contributed by atoms with Crippen LogP contribution >= 0.6 is 0 Å². The van der Waals surface area contributed by atoms with E-state index in [1.165, 1.54) is 18.2 Å². The predicted octanol–water partition coefficient (Wildman–Crippen LogP) is 2.70. The standard InChI is InChI=1S/C18H21FN2O4/c1-4-25-14-9-18(16(23)24,17(14,2)3)21-15(22)13-8-10-11(19)6-5-7-12(10)20-13/h5-8,14,20H,4,9H2,1-3H3,(H,21,22)(H,23,24). The summed E-state index contributed by atoms with van der Waals surface area (Å²) < 4.78 is 19.4. The number of halogens is 1. The van der Waals surface area contributed by atoms with Gasteiger partial charge in [-0.05, 0) is 25.1 Å². The molecule has 0 saturated heterocycles. The van der Waals surface area contributed by atoms with Gasteiger partial charge in [-0.2, -0.15) is 0 Å². The molecule has 1 aromatic carbocycles. The first kappa shape index (κ1) is 17.4. The lowest BCUT2D eigenvalue weighted by molar-refractivity contribution is -0.190. The topological polar surface area (TPSA) is 91.4 Å². The van der Waals surface area contributed by atoms with E-state index in [4.69, 9.17) is 4.74 Å². The number of nitrogens with one attached hydrogen (secondary N) is 2. The normalized spacial score (nSPS) is 24.7. The summed E-state index contributed by atoms with van der Waals surface area (Å²) in [6, 6.07) is 5.89. The number of carboxylic acids is 1. The number of aromatic amines is 1. The van der Waals surface area contributed by atoms with E-state index in [0.29, 0.717) is 12.1 Å². The zero-order valence-corrected chi connectivity index (χ0v) is 14.4. The summed E-state index contributed by atoms with van der Waals surface area (Å²) in [5.74, 6) is -2.13. The van der Waals surface area contributed by atoms with Crippen molar-refractivity contribution < 1.29 is 23.8 Å². The highest BCUT2D eigenvalue weighted by Gasteiger charge is 2.66. The number of carboxylic acid groups (broad SMARTS) is 1. The van der Waals surface area contributed by atoms with Crippen LogP contribution in [0.3, 0.4) is 0 Å². The number of carbonyl (C=O) groups excluding carboxylic acids is 1. The van der Waals surface area contributed by atoms with Crippen LogP contribution in [0.15, 0.2) is 24.3 Å². The molecule has 3 rings (SSSR count). The maximum atomic E-state index is 13.8. The van der Waals surface area contributed by atoms with Crippen LogP contribution in [-0.2, 0) is 9.53 Å². The molecule has 0 bridgehead atoms. The first-order valence-corrected chi connectivity index (χ1v) is 8.17. The van der Waals surface area contributed by atoms with Crippen LogP contribution in [0.5, 0.6) is 0 Å². The highest BCUT2D eigenvalue weighted by molar-refractivity contribution is 6.01. The number of rotatable bonds is 5. The number of H-pyrrole nitrogens is 1. The Morgan fingerprint density at radius 1 is 1.44 bits per heavy atom. The summed E-state index contributed by atoms with van der Waals surface area (Å²) in [7, 11) is 0. The maximum absolute atomic E-state index is 13.8. The molecule has 25 heavy (non-hydrogen) atoms. The van der Waals surface area contributed by atoms with Gasteiger partial charge in [0, 0.05) is 29.3 Å². The molecule has 1 heterocycles. The van der Waals surface area contributed by atoms with Gasteiger partial charge in [-0.25, -0.2) is 9.18 Å². The zero-order valence-electron chi connectivity index (χ0n) is 14.4. The number of amides is 1. The summed E-state index contributed by atoms with van der Waals surface area (Å²) in [6.07, 6.45) is -0.0715. The molecule has 7 heteroatoms. The summed E-state index contributed by atoms with van der Waals surface area (Å²) in [5, 5.41) is 12.7. The summed E-state index contributed by atoms with van der Waals surface area (Å²) >= 11 is 0. The van der Waals surface area contributed by atoms with Crippen LogP contribution < -0.4 is 5.32 Å². The molecule has 1 amide bonds. The largest absolute Gasteiger partial charge is 0.479 e. The number of fused-ring (bicyclic) bond motifs is 1. The van der Waals surface area contributed by atoms with Gasteiger partial charge in [0.1, 0.15) is 17.1 Å². The molecule has 1 aromatic heterocycles. The molecule has 0 spiro atoms. The van der Waals surface area contributed by atoms with E-state index in [-0.39, 0.29) is 23.6 Å². The second-order valence-corrected chi connectivity index (χ2v) is 6.92. The first-order chi connectivity index (χ1) is 11.7. The quantitative estimate of drug-likeness (QED) is 0.775. The third-order valence-corrected chi connectivity index (χ3v) is 5.31. The van der Waals surface area contributed by atoms with Gasteiger partial charge in [-0.3, -0.25) is 4.79 Å². The molecule has 1 aliphatic rings. The van der Waals surface area contributed by atoms with E-state index in [1.807, 2.05) is 6.92 Å². The molecule has 134 valence electrons. The number of benzene rings is 1. The summed E-state index contributed by atoms with van der Waals surface area (Å²) in [5.41, 5.74) is -1.60. The Labute approximate surface area is 144 Å². The van der Waals surface area contributed by atoms with E-state index in [2.05, 4.69) is 10.3 Å². The van der Waals surface area contributed by atoms with E-state index in [0.717, 1.165) is 0 Å². The molecule has 2 atom stereocenters. The number of aliphatic carboxylic acids is 1. The molecule has 6 nitrogen and oxygen atoms in total. The smallest absolute Gasteiger partial charge is 0.330 e. The van der Waals surface area contributed by atoms with Crippen molar-refractivity contribution >= 4 is 22.8 Å². The molecular weight excluding hydrogens is 327 g/mol. The number of ether oxygens (including phenoxy) is 1. The molecule has 1 aliphatic carbocycles. The highest BCUT2D eigenvalue weighted by Crippen LogP contribution is 2.51. The van der Waals surface area contributed by atoms with Gasteiger partial charge in [-0.1, -0.05) is 19.9 Å². The molecule has 0 aliphatic heterocycles. The fourth-order valence-corrected chi connectivity index (χ4v) is 3.54. The summed E-state index contributed by atoms with van der Waals surface area (Å²) in [4.78, 5) is 27.4. The molecular formula is C18H21FN2O4. The van der Waals surface area contributed by atoms with Crippen molar-refractivity contribution in [3.05, 3.63) is 35.8 Å². The van der Waals surface area contributed by atoms with Gasteiger partial charge in [0.2, 0.25) is 0 Å². The lowest BCUT2D eigenvalue weighted by atomic mass is 9.54.